The van der Waals surface area contributed by atoms with Gasteiger partial charge in [-0.05, 0) is 0 Å². The molecule has 58 valence electrons. The van der Waals surface area contributed by atoms with Gasteiger partial charge in [0.15, 0.2) is 0 Å². The van der Waals surface area contributed by atoms with Gasteiger partial charge in [0.05, 0.1) is 4.11 Å². The Morgan fingerprint density at radius 3 is 2.60 bits per heavy atom. The normalized spacial score (nSPS) is 42.7. The van der Waals surface area contributed by atoms with Gasteiger partial charge in [0.2, 0.25) is 0 Å². The van der Waals surface area contributed by atoms with Crippen molar-refractivity contribution in [3.8, 4) is 0 Å². The van der Waals surface area contributed by atoms with Crippen LogP contribution in [0.15, 0.2) is 0 Å². The van der Waals surface area contributed by atoms with Crippen molar-refractivity contribution >= 4 is 6.03 Å². The molecule has 0 aliphatic carbocycles. The second-order valence-corrected chi connectivity index (χ2v) is 1.58. The van der Waals surface area contributed by atoms with Crippen molar-refractivity contribution in [3.05, 3.63) is 0 Å². The first-order valence-corrected chi connectivity index (χ1v) is 2.27. The number of nitrogens with one attached hydrogen (secondary N) is 2. The maximum absolute atomic E-state index is 12.1. The van der Waals surface area contributed by atoms with E-state index in [1.807, 2.05) is 0 Å². The van der Waals surface area contributed by atoms with Gasteiger partial charge in [0, 0.05) is 6.50 Å². The minimum Gasteiger partial charge on any atom is -0.336 e. The van der Waals surface area contributed by atoms with Crippen molar-refractivity contribution < 1.29 is 22.1 Å². The van der Waals surface area contributed by atoms with Gasteiger partial charge in [-0.1, -0.05) is 0 Å². The molecule has 1 saturated heterocycles. The first-order valence-electron chi connectivity index (χ1n) is 3.77. The number of alkyl halides is 3. The molecule has 0 spiro atoms. The predicted molar refractivity (Wildman–Crippen MR) is 26.4 cm³/mol. The van der Waals surface area contributed by atoms with E-state index in [0.717, 1.165) is 0 Å². The molecule has 1 fully saturated rings. The number of carbonyl (C=O) groups is 1. The summed E-state index contributed by atoms with van der Waals surface area (Å²) in [6, 6.07) is -4.98. The fourth-order valence-corrected chi connectivity index (χ4v) is 0.437. The minimum absolute atomic E-state index is 1.18. The summed E-state index contributed by atoms with van der Waals surface area (Å²) in [4.78, 5) is 10.4. The number of rotatable bonds is 0. The summed E-state index contributed by atoms with van der Waals surface area (Å²) in [5.41, 5.74) is 0. The lowest BCUT2D eigenvalue weighted by molar-refractivity contribution is -0.148. The summed E-state index contributed by atoms with van der Waals surface area (Å²) < 4.78 is 56.7. The van der Waals surface area contributed by atoms with Crippen LogP contribution in [0.1, 0.15) is 4.11 Å². The highest BCUT2D eigenvalue weighted by Crippen LogP contribution is 2.20. The molecule has 1 aliphatic rings. The number of carbonyl (C=O) groups excluding carboxylic acids is 1. The van der Waals surface area contributed by atoms with Gasteiger partial charge >= 0.3 is 12.2 Å². The minimum atomic E-state index is -5.17. The molecule has 0 radical (unpaired) electrons. The smallest absolute Gasteiger partial charge is 0.336 e. The Morgan fingerprint density at radius 1 is 1.80 bits per heavy atom. The van der Waals surface area contributed by atoms with E-state index in [2.05, 4.69) is 0 Å². The third-order valence-corrected chi connectivity index (χ3v) is 0.823. The fourth-order valence-electron chi connectivity index (χ4n) is 0.437. The van der Waals surface area contributed by atoms with Crippen LogP contribution in [-0.4, -0.2) is 24.7 Å². The van der Waals surface area contributed by atoms with Crippen LogP contribution in [0.25, 0.3) is 0 Å². The molecule has 0 saturated carbocycles. The first kappa shape index (κ1) is 4.05. The van der Waals surface area contributed by atoms with Crippen molar-refractivity contribution in [1.29, 1.82) is 0 Å². The van der Waals surface area contributed by atoms with Gasteiger partial charge in [0.1, 0.15) is 6.02 Å². The van der Waals surface area contributed by atoms with Crippen LogP contribution in [0.4, 0.5) is 18.0 Å². The predicted octanol–water partition coefficient (Wildman–Crippen LogP) is 0.230. The lowest BCUT2D eigenvalue weighted by atomic mass is 10.3. The van der Waals surface area contributed by atoms with Crippen LogP contribution in [-0.2, 0) is 0 Å². The van der Waals surface area contributed by atoms with Crippen molar-refractivity contribution in [1.82, 2.24) is 10.6 Å². The summed E-state index contributed by atoms with van der Waals surface area (Å²) in [6.45, 7) is -3.16. The van der Waals surface area contributed by atoms with E-state index in [-0.39, 0.29) is 0 Å². The summed E-state index contributed by atoms with van der Waals surface area (Å²) >= 11 is 0. The Labute approximate surface area is 58.8 Å². The maximum Gasteiger partial charge on any atom is 0.410 e. The first-order chi connectivity index (χ1) is 5.60. The van der Waals surface area contributed by atoms with E-state index in [1.54, 1.807) is 0 Å². The highest BCUT2D eigenvalue weighted by atomic mass is 19.4. The van der Waals surface area contributed by atoms with Crippen LogP contribution in [0.5, 0.6) is 0 Å². The van der Waals surface area contributed by atoms with Crippen LogP contribution in [0, 0.1) is 0 Å². The molecule has 0 aromatic carbocycles. The molecule has 0 aromatic heterocycles. The van der Waals surface area contributed by atoms with E-state index < -0.39 is 24.7 Å². The number of amides is 2. The van der Waals surface area contributed by atoms with Gasteiger partial charge in [-0.25, -0.2) is 4.79 Å². The molecule has 6 heteroatoms. The van der Waals surface area contributed by atoms with E-state index in [1.165, 1.54) is 10.6 Å². The Hall–Kier alpha value is -0.940. The topological polar surface area (TPSA) is 41.1 Å². The molecule has 2 amide bonds. The van der Waals surface area contributed by atoms with Crippen molar-refractivity contribution in [2.24, 2.45) is 0 Å². The number of urea groups is 1. The van der Waals surface area contributed by atoms with Gasteiger partial charge < -0.3 is 10.6 Å². The van der Waals surface area contributed by atoms with Crippen LogP contribution >= 0.6 is 0 Å². The van der Waals surface area contributed by atoms with Gasteiger partial charge in [0.25, 0.3) is 0 Å². The van der Waals surface area contributed by atoms with Gasteiger partial charge in [-0.3, -0.25) is 0 Å². The molecule has 1 rings (SSSR count). The highest BCUT2D eigenvalue weighted by Gasteiger charge is 2.43. The third-order valence-electron chi connectivity index (χ3n) is 0.823. The molecule has 1 aliphatic heterocycles. The second kappa shape index (κ2) is 2.03. The largest absolute Gasteiger partial charge is 0.410 e. The summed E-state index contributed by atoms with van der Waals surface area (Å²) in [5.74, 6) is 0. The highest BCUT2D eigenvalue weighted by molar-refractivity contribution is 5.76. The molecule has 1 atom stereocenters. The number of hydrogen-bond acceptors (Lipinski definition) is 1. The lowest BCUT2D eigenvalue weighted by Gasteiger charge is -2.11. The molecule has 0 bridgehead atoms. The van der Waals surface area contributed by atoms with Crippen LogP contribution < -0.4 is 10.6 Å². The van der Waals surface area contributed by atoms with Crippen LogP contribution in [0.3, 0.4) is 0 Å². The van der Waals surface area contributed by atoms with Crippen molar-refractivity contribution in [2.45, 2.75) is 12.2 Å². The molecule has 10 heavy (non-hydrogen) atoms. The Balaban J connectivity index is 3.10. The Kier molecular flexibility index (Phi) is 0.822. The SMILES string of the molecule is [2H]C1([2H])NC(=O)NC1([2H])C(F)(F)F. The molecule has 0 aromatic rings. The molecule has 2 N–H and O–H groups in total. The molecule has 3 nitrogen and oxygen atoms in total. The van der Waals surface area contributed by atoms with E-state index in [4.69, 9.17) is 4.11 Å². The van der Waals surface area contributed by atoms with Gasteiger partial charge in [-0.2, -0.15) is 13.2 Å². The molecular formula is C4H5F3N2O. The van der Waals surface area contributed by atoms with E-state index >= 15 is 0 Å². The maximum atomic E-state index is 12.1. The Bertz CT molecular complexity index is 256. The van der Waals surface area contributed by atoms with Gasteiger partial charge in [-0.15, -0.1) is 0 Å². The van der Waals surface area contributed by atoms with E-state index in [0.29, 0.717) is 0 Å². The average molecular weight is 157 g/mol. The zero-order valence-electron chi connectivity index (χ0n) is 7.54. The molecule has 1 unspecified atom stereocenters. The number of hydrogen-bond donors (Lipinski definition) is 2. The summed E-state index contributed by atoms with van der Waals surface area (Å²) in [7, 11) is 0. The summed E-state index contributed by atoms with van der Waals surface area (Å²) in [5, 5.41) is 2.54. The Morgan fingerprint density at radius 2 is 2.40 bits per heavy atom. The second-order valence-electron chi connectivity index (χ2n) is 1.58. The molecule has 1 heterocycles. The van der Waals surface area contributed by atoms with E-state index in [9.17, 15) is 18.0 Å². The monoisotopic (exact) mass is 157 g/mol. The average Bonchev–Trinajstić information content (AvgIpc) is 2.00. The number of halogens is 3. The third kappa shape index (κ3) is 1.31. The van der Waals surface area contributed by atoms with Crippen LogP contribution in [0.2, 0.25) is 0 Å². The quantitative estimate of drug-likeness (QED) is 0.519. The lowest BCUT2D eigenvalue weighted by Crippen LogP contribution is -2.40. The van der Waals surface area contributed by atoms with Crippen molar-refractivity contribution in [2.75, 3.05) is 6.50 Å². The fraction of sp³-hybridized carbons (Fsp3) is 0.750. The zero-order chi connectivity index (χ0) is 10.5. The molecular weight excluding hydrogens is 149 g/mol. The summed E-state index contributed by atoms with van der Waals surface area (Å²) in [6.07, 6.45) is -5.17. The standard InChI is InChI=1S/C4H5F3N2O/c5-4(6,7)2-1-8-3(10)9-2/h2H,1H2,(H2,8,9,10)/i1D2,2D. The zero-order valence-corrected chi connectivity index (χ0v) is 4.54. The van der Waals surface area contributed by atoms with Crippen molar-refractivity contribution in [3.63, 3.8) is 0 Å².